The first-order chi connectivity index (χ1) is 15.5. The standard InChI is InChI=1S/C22H23ClFN7O/c1-2-20(32)30-12-15-9-16(23)3-4-18(15)31-19(13-30)27-28-21(31)14-5-7-29(8-6-14)22-25-10-17(24)11-26-22/h3-4,9-11,14H,2,5-8,12-13H2,1H3. The van der Waals surface area contributed by atoms with Crippen LogP contribution in [0.2, 0.25) is 5.02 Å². The number of carbonyl (C=O) groups excluding carboxylic acids is 1. The minimum Gasteiger partial charge on any atom is -0.341 e. The van der Waals surface area contributed by atoms with E-state index in [1.165, 1.54) is 12.4 Å². The Morgan fingerprint density at radius 2 is 1.91 bits per heavy atom. The summed E-state index contributed by atoms with van der Waals surface area (Å²) in [6, 6.07) is 5.76. The molecular weight excluding hydrogens is 433 g/mol. The number of nitrogens with zero attached hydrogens (tertiary/aromatic N) is 7. The van der Waals surface area contributed by atoms with Crippen molar-refractivity contribution in [1.29, 1.82) is 0 Å². The van der Waals surface area contributed by atoms with E-state index in [-0.39, 0.29) is 11.8 Å². The molecule has 0 spiro atoms. The topological polar surface area (TPSA) is 80.0 Å². The normalized spacial score (nSPS) is 16.5. The molecule has 1 saturated heterocycles. The van der Waals surface area contributed by atoms with Gasteiger partial charge in [0.2, 0.25) is 11.9 Å². The molecule has 2 aliphatic rings. The molecule has 1 fully saturated rings. The van der Waals surface area contributed by atoms with Gasteiger partial charge in [-0.15, -0.1) is 10.2 Å². The van der Waals surface area contributed by atoms with Crippen LogP contribution in [-0.4, -0.2) is 48.6 Å². The second-order valence-electron chi connectivity index (χ2n) is 8.15. The SMILES string of the molecule is CCC(=O)N1Cc2cc(Cl)ccc2-n2c(nnc2C2CCN(c3ncc(F)cn3)CC2)C1. The van der Waals surface area contributed by atoms with Gasteiger partial charge in [-0.2, -0.15) is 0 Å². The van der Waals surface area contributed by atoms with Gasteiger partial charge in [0, 0.05) is 37.0 Å². The predicted molar refractivity (Wildman–Crippen MR) is 117 cm³/mol. The van der Waals surface area contributed by atoms with Crippen molar-refractivity contribution >= 4 is 23.5 Å². The summed E-state index contributed by atoms with van der Waals surface area (Å²) in [7, 11) is 0. The molecule has 32 heavy (non-hydrogen) atoms. The molecule has 10 heteroatoms. The average Bonchev–Trinajstić information content (AvgIpc) is 3.15. The van der Waals surface area contributed by atoms with Gasteiger partial charge in [-0.05, 0) is 36.6 Å². The third-order valence-electron chi connectivity index (χ3n) is 6.14. The van der Waals surface area contributed by atoms with Crippen LogP contribution < -0.4 is 4.90 Å². The Morgan fingerprint density at radius 1 is 1.16 bits per heavy atom. The van der Waals surface area contributed by atoms with E-state index < -0.39 is 5.82 Å². The first kappa shape index (κ1) is 20.8. The molecule has 5 rings (SSSR count). The Balaban J connectivity index is 1.45. The van der Waals surface area contributed by atoms with Crippen molar-refractivity contribution in [2.24, 2.45) is 0 Å². The van der Waals surface area contributed by atoms with Crippen molar-refractivity contribution in [3.05, 3.63) is 58.6 Å². The lowest BCUT2D eigenvalue weighted by molar-refractivity contribution is -0.132. The molecule has 1 aromatic carbocycles. The number of hydrogen-bond donors (Lipinski definition) is 0. The summed E-state index contributed by atoms with van der Waals surface area (Å²) in [6.07, 6.45) is 4.51. The Bertz CT molecular complexity index is 1140. The van der Waals surface area contributed by atoms with Gasteiger partial charge in [0.05, 0.1) is 24.6 Å². The molecule has 2 aliphatic heterocycles. The number of fused-ring (bicyclic) bond motifs is 3. The van der Waals surface area contributed by atoms with Gasteiger partial charge in [0.15, 0.2) is 11.6 Å². The minimum absolute atomic E-state index is 0.0709. The maximum absolute atomic E-state index is 13.1. The summed E-state index contributed by atoms with van der Waals surface area (Å²) in [6.45, 7) is 4.25. The van der Waals surface area contributed by atoms with Crippen LogP contribution in [0.1, 0.15) is 49.3 Å². The van der Waals surface area contributed by atoms with Crippen LogP contribution in [0, 0.1) is 5.82 Å². The second-order valence-corrected chi connectivity index (χ2v) is 8.59. The number of amides is 1. The third kappa shape index (κ3) is 3.81. The molecule has 0 unspecified atom stereocenters. The molecule has 4 heterocycles. The maximum Gasteiger partial charge on any atom is 0.225 e. The number of anilines is 1. The van der Waals surface area contributed by atoms with Crippen LogP contribution in [0.3, 0.4) is 0 Å². The van der Waals surface area contributed by atoms with E-state index in [4.69, 9.17) is 11.6 Å². The number of rotatable bonds is 3. The molecule has 3 aromatic rings. The van der Waals surface area contributed by atoms with E-state index in [1.54, 1.807) is 4.90 Å². The first-order valence-electron chi connectivity index (χ1n) is 10.8. The summed E-state index contributed by atoms with van der Waals surface area (Å²) >= 11 is 6.28. The van der Waals surface area contributed by atoms with E-state index in [9.17, 15) is 9.18 Å². The van der Waals surface area contributed by atoms with Crippen LogP contribution in [0.15, 0.2) is 30.6 Å². The summed E-state index contributed by atoms with van der Waals surface area (Å²) in [5.74, 6) is 2.02. The fourth-order valence-corrected chi connectivity index (χ4v) is 4.69. The summed E-state index contributed by atoms with van der Waals surface area (Å²) < 4.78 is 15.2. The number of piperidine rings is 1. The molecule has 2 aromatic heterocycles. The molecule has 8 nitrogen and oxygen atoms in total. The van der Waals surface area contributed by atoms with E-state index in [0.29, 0.717) is 30.5 Å². The lowest BCUT2D eigenvalue weighted by Gasteiger charge is -2.31. The van der Waals surface area contributed by atoms with Crippen molar-refractivity contribution in [3.63, 3.8) is 0 Å². The van der Waals surface area contributed by atoms with Crippen molar-refractivity contribution < 1.29 is 9.18 Å². The molecule has 0 bridgehead atoms. The van der Waals surface area contributed by atoms with Gasteiger partial charge >= 0.3 is 0 Å². The van der Waals surface area contributed by atoms with Crippen molar-refractivity contribution in [3.8, 4) is 5.69 Å². The van der Waals surface area contributed by atoms with Crippen molar-refractivity contribution in [1.82, 2.24) is 29.6 Å². The molecule has 0 aliphatic carbocycles. The van der Waals surface area contributed by atoms with Crippen LogP contribution in [0.4, 0.5) is 10.3 Å². The molecule has 166 valence electrons. The van der Waals surface area contributed by atoms with Gasteiger partial charge in [-0.3, -0.25) is 9.36 Å². The minimum atomic E-state index is -0.441. The predicted octanol–water partition coefficient (Wildman–Crippen LogP) is 3.49. The monoisotopic (exact) mass is 455 g/mol. The van der Waals surface area contributed by atoms with Crippen molar-refractivity contribution in [2.75, 3.05) is 18.0 Å². The molecular formula is C22H23ClFN7O. The second kappa shape index (κ2) is 8.46. The number of hydrogen-bond acceptors (Lipinski definition) is 6. The lowest BCUT2D eigenvalue weighted by atomic mass is 9.95. The van der Waals surface area contributed by atoms with E-state index in [2.05, 4.69) is 29.6 Å². The zero-order valence-electron chi connectivity index (χ0n) is 17.7. The number of benzene rings is 1. The zero-order chi connectivity index (χ0) is 22.2. The van der Waals surface area contributed by atoms with Gasteiger partial charge in [0.25, 0.3) is 0 Å². The molecule has 0 N–H and O–H groups in total. The van der Waals surface area contributed by atoms with Crippen LogP contribution in [0.25, 0.3) is 5.69 Å². The largest absolute Gasteiger partial charge is 0.341 e. The highest BCUT2D eigenvalue weighted by Crippen LogP contribution is 2.34. The number of aromatic nitrogens is 5. The van der Waals surface area contributed by atoms with Gasteiger partial charge in [-0.1, -0.05) is 18.5 Å². The highest BCUT2D eigenvalue weighted by Gasteiger charge is 2.31. The average molecular weight is 456 g/mol. The number of carbonyl (C=O) groups is 1. The highest BCUT2D eigenvalue weighted by atomic mass is 35.5. The van der Waals surface area contributed by atoms with Crippen LogP contribution in [-0.2, 0) is 17.9 Å². The Labute approximate surface area is 190 Å². The third-order valence-corrected chi connectivity index (χ3v) is 6.37. The maximum atomic E-state index is 13.1. The van der Waals surface area contributed by atoms with E-state index in [0.717, 1.165) is 48.8 Å². The lowest BCUT2D eigenvalue weighted by Crippen LogP contribution is -2.35. The first-order valence-corrected chi connectivity index (χ1v) is 11.1. The quantitative estimate of drug-likeness (QED) is 0.601. The molecule has 1 amide bonds. The Hall–Kier alpha value is -3.07. The van der Waals surface area contributed by atoms with E-state index in [1.807, 2.05) is 25.1 Å². The van der Waals surface area contributed by atoms with Crippen LogP contribution >= 0.6 is 11.6 Å². The highest BCUT2D eigenvalue weighted by molar-refractivity contribution is 6.30. The Morgan fingerprint density at radius 3 is 2.62 bits per heavy atom. The summed E-state index contributed by atoms with van der Waals surface area (Å²) in [4.78, 5) is 24.6. The number of halogens is 2. The van der Waals surface area contributed by atoms with Crippen molar-refractivity contribution in [2.45, 2.75) is 45.2 Å². The summed E-state index contributed by atoms with van der Waals surface area (Å²) in [5, 5.41) is 9.67. The Kier molecular flexibility index (Phi) is 5.50. The molecule has 0 saturated carbocycles. The fraction of sp³-hybridized carbons (Fsp3) is 0.409. The van der Waals surface area contributed by atoms with E-state index >= 15 is 0 Å². The smallest absolute Gasteiger partial charge is 0.225 e. The molecule has 0 radical (unpaired) electrons. The fourth-order valence-electron chi connectivity index (χ4n) is 4.50. The van der Waals surface area contributed by atoms with Gasteiger partial charge in [0.1, 0.15) is 5.82 Å². The van der Waals surface area contributed by atoms with Gasteiger partial charge < -0.3 is 9.80 Å². The molecule has 0 atom stereocenters. The van der Waals surface area contributed by atoms with Gasteiger partial charge in [-0.25, -0.2) is 14.4 Å². The van der Waals surface area contributed by atoms with Crippen LogP contribution in [0.5, 0.6) is 0 Å². The zero-order valence-corrected chi connectivity index (χ0v) is 18.5. The summed E-state index contributed by atoms with van der Waals surface area (Å²) in [5.41, 5.74) is 1.95.